The Balaban J connectivity index is 1.77. The van der Waals surface area contributed by atoms with E-state index < -0.39 is 15.9 Å². The van der Waals surface area contributed by atoms with Gasteiger partial charge in [0.2, 0.25) is 5.88 Å². The lowest BCUT2D eigenvalue weighted by atomic mass is 9.89. The molecule has 2 aliphatic rings. The van der Waals surface area contributed by atoms with E-state index in [2.05, 4.69) is 11.1 Å². The quantitative estimate of drug-likeness (QED) is 0.640. The maximum absolute atomic E-state index is 14.2. The second-order valence-electron chi connectivity index (χ2n) is 7.86. The molecule has 0 saturated heterocycles. The molecule has 0 radical (unpaired) electrons. The third-order valence-corrected chi connectivity index (χ3v) is 7.83. The molecule has 3 aromatic rings. The molecule has 0 amide bonds. The highest BCUT2D eigenvalue weighted by molar-refractivity contribution is 7.96. The van der Waals surface area contributed by atoms with Crippen molar-refractivity contribution in [1.29, 1.82) is 5.26 Å². The molecular weight excluding hydrogens is 436 g/mol. The van der Waals surface area contributed by atoms with Crippen LogP contribution < -0.4 is 10.0 Å². The maximum Gasteiger partial charge on any atom is 0.265 e. The highest BCUT2D eigenvalue weighted by Crippen LogP contribution is 2.51. The van der Waals surface area contributed by atoms with Crippen molar-refractivity contribution in [2.75, 3.05) is 4.31 Å². The smallest absolute Gasteiger partial charge is 0.265 e. The Bertz CT molecular complexity index is 1470. The van der Waals surface area contributed by atoms with Crippen molar-refractivity contribution < 1.29 is 13.2 Å². The van der Waals surface area contributed by atoms with Crippen molar-refractivity contribution in [2.45, 2.75) is 19.4 Å². The van der Waals surface area contributed by atoms with Gasteiger partial charge in [-0.15, -0.1) is 0 Å². The molecule has 5 rings (SSSR count). The summed E-state index contributed by atoms with van der Waals surface area (Å²) in [6.07, 6.45) is 3.14. The number of hydrogen-bond acceptors (Lipinski definition) is 6. The van der Waals surface area contributed by atoms with E-state index in [1.54, 1.807) is 42.7 Å². The molecule has 0 saturated carbocycles. The first-order valence-corrected chi connectivity index (χ1v) is 11.8. The number of allylic oxidation sites excluding steroid dienone is 2. The van der Waals surface area contributed by atoms with Crippen LogP contribution in [-0.4, -0.2) is 13.4 Å². The lowest BCUT2D eigenvalue weighted by Crippen LogP contribution is -2.39. The fourth-order valence-electron chi connectivity index (χ4n) is 4.30. The summed E-state index contributed by atoms with van der Waals surface area (Å²) in [5, 5.41) is 9.87. The van der Waals surface area contributed by atoms with Crippen LogP contribution in [0.2, 0.25) is 0 Å². The minimum absolute atomic E-state index is 0.00599. The zero-order valence-electron chi connectivity index (χ0n) is 17.8. The van der Waals surface area contributed by atoms with E-state index in [4.69, 9.17) is 10.5 Å². The molecule has 2 aromatic carbocycles. The van der Waals surface area contributed by atoms with Crippen LogP contribution >= 0.6 is 0 Å². The lowest BCUT2D eigenvalue weighted by Gasteiger charge is -2.38. The van der Waals surface area contributed by atoms with E-state index in [1.165, 1.54) is 4.31 Å². The van der Waals surface area contributed by atoms with Crippen molar-refractivity contribution in [1.82, 2.24) is 4.98 Å². The van der Waals surface area contributed by atoms with Crippen LogP contribution in [0, 0.1) is 18.3 Å². The van der Waals surface area contributed by atoms with Gasteiger partial charge in [0.1, 0.15) is 16.5 Å². The summed E-state index contributed by atoms with van der Waals surface area (Å²) in [5.74, 6) is -0.885. The summed E-state index contributed by atoms with van der Waals surface area (Å²) in [6, 6.07) is 20.3. The summed E-state index contributed by atoms with van der Waals surface area (Å²) in [7, 11) is -4.10. The van der Waals surface area contributed by atoms with Gasteiger partial charge in [0.25, 0.3) is 10.0 Å². The van der Waals surface area contributed by atoms with E-state index in [0.29, 0.717) is 16.8 Å². The van der Waals surface area contributed by atoms with Gasteiger partial charge in [0.15, 0.2) is 5.76 Å². The number of benzene rings is 2. The molecule has 0 fully saturated rings. The number of nitriles is 1. The highest BCUT2D eigenvalue weighted by atomic mass is 32.2. The minimum atomic E-state index is -4.10. The standard InChI is InChI=1S/C25H20N4O3S/c1-16-7-2-3-8-18(16)15-29-21-11-5-4-10-19(21)23-24(33(29,30)31)22(17-9-6-12-28-14-17)20(13-26)25(27)32-23/h2-12,14,22H,15,27H2,1H3/t22-/m1/s1. The van der Waals surface area contributed by atoms with E-state index in [9.17, 15) is 13.7 Å². The van der Waals surface area contributed by atoms with Crippen LogP contribution in [0.25, 0.3) is 5.76 Å². The average Bonchev–Trinajstić information content (AvgIpc) is 2.82. The van der Waals surface area contributed by atoms with Crippen molar-refractivity contribution in [3.05, 3.63) is 112 Å². The maximum atomic E-state index is 14.2. The highest BCUT2D eigenvalue weighted by Gasteiger charge is 2.47. The molecule has 7 nitrogen and oxygen atoms in total. The molecule has 2 N–H and O–H groups in total. The van der Waals surface area contributed by atoms with Gasteiger partial charge >= 0.3 is 0 Å². The fourth-order valence-corrected chi connectivity index (χ4v) is 6.20. The van der Waals surface area contributed by atoms with Gasteiger partial charge in [-0.2, -0.15) is 5.26 Å². The monoisotopic (exact) mass is 456 g/mol. The number of aromatic nitrogens is 1. The van der Waals surface area contributed by atoms with Gasteiger partial charge in [-0.25, -0.2) is 8.42 Å². The molecule has 2 aliphatic heterocycles. The molecule has 1 aromatic heterocycles. The van der Waals surface area contributed by atoms with E-state index in [1.807, 2.05) is 37.3 Å². The molecule has 3 heterocycles. The van der Waals surface area contributed by atoms with Crippen LogP contribution in [0.3, 0.4) is 0 Å². The summed E-state index contributed by atoms with van der Waals surface area (Å²) in [6.45, 7) is 2.09. The molecule has 33 heavy (non-hydrogen) atoms. The Morgan fingerprint density at radius 3 is 2.61 bits per heavy atom. The normalized spacial score (nSPS) is 18.8. The number of rotatable bonds is 3. The van der Waals surface area contributed by atoms with E-state index in [-0.39, 0.29) is 28.7 Å². The molecule has 0 spiro atoms. The van der Waals surface area contributed by atoms with Crippen LogP contribution in [0.1, 0.15) is 28.2 Å². The number of nitrogens with two attached hydrogens (primary N) is 1. The molecular formula is C25H20N4O3S. The van der Waals surface area contributed by atoms with Gasteiger partial charge in [-0.1, -0.05) is 42.5 Å². The second-order valence-corrected chi connectivity index (χ2v) is 9.69. The number of hydrogen-bond donors (Lipinski definition) is 1. The van der Waals surface area contributed by atoms with E-state index in [0.717, 1.165) is 11.1 Å². The van der Waals surface area contributed by atoms with Crippen LogP contribution in [0.15, 0.2) is 89.4 Å². The first-order chi connectivity index (χ1) is 15.9. The largest absolute Gasteiger partial charge is 0.439 e. The van der Waals surface area contributed by atoms with Crippen LogP contribution in [-0.2, 0) is 21.3 Å². The molecule has 8 heteroatoms. The van der Waals surface area contributed by atoms with Crippen molar-refractivity contribution in [3.8, 4) is 6.07 Å². The SMILES string of the molecule is Cc1ccccc1CN1c2ccccc2C2=C([C@H](c3cccnc3)C(C#N)=C(N)O2)S1(=O)=O. The lowest BCUT2D eigenvalue weighted by molar-refractivity contribution is 0.357. The Labute approximate surface area is 192 Å². The number of aryl methyl sites for hydroxylation is 1. The number of sulfonamides is 1. The predicted octanol–water partition coefficient (Wildman–Crippen LogP) is 3.92. The van der Waals surface area contributed by atoms with E-state index >= 15 is 0 Å². The van der Waals surface area contributed by atoms with Gasteiger partial charge in [0, 0.05) is 18.0 Å². The third-order valence-electron chi connectivity index (χ3n) is 5.95. The van der Waals surface area contributed by atoms with Crippen molar-refractivity contribution in [2.24, 2.45) is 5.73 Å². The van der Waals surface area contributed by atoms with Crippen LogP contribution in [0.5, 0.6) is 0 Å². The molecule has 0 aliphatic carbocycles. The van der Waals surface area contributed by atoms with Gasteiger partial charge in [-0.05, 0) is 41.8 Å². The van der Waals surface area contributed by atoms with Crippen LogP contribution in [0.4, 0.5) is 5.69 Å². The van der Waals surface area contributed by atoms with Crippen molar-refractivity contribution in [3.63, 3.8) is 0 Å². The Morgan fingerprint density at radius 1 is 1.12 bits per heavy atom. The fraction of sp³-hybridized carbons (Fsp3) is 0.120. The minimum Gasteiger partial charge on any atom is -0.439 e. The summed E-state index contributed by atoms with van der Waals surface area (Å²) in [5.41, 5.74) is 9.67. The topological polar surface area (TPSA) is 109 Å². The summed E-state index contributed by atoms with van der Waals surface area (Å²) in [4.78, 5) is 4.13. The molecule has 0 bridgehead atoms. The second kappa shape index (κ2) is 7.80. The predicted molar refractivity (Wildman–Crippen MR) is 125 cm³/mol. The summed E-state index contributed by atoms with van der Waals surface area (Å²) >= 11 is 0. The first kappa shape index (κ1) is 20.8. The Hall–Kier alpha value is -4.09. The Kier molecular flexibility index (Phi) is 4.91. The summed E-state index contributed by atoms with van der Waals surface area (Å²) < 4.78 is 35.5. The number of pyridine rings is 1. The zero-order chi connectivity index (χ0) is 23.2. The number of ether oxygens (including phenoxy) is 1. The average molecular weight is 457 g/mol. The van der Waals surface area contributed by atoms with Gasteiger partial charge < -0.3 is 10.5 Å². The number of para-hydroxylation sites is 1. The van der Waals surface area contributed by atoms with Gasteiger partial charge in [-0.3, -0.25) is 9.29 Å². The number of nitrogens with zero attached hydrogens (tertiary/aromatic N) is 3. The molecule has 164 valence electrons. The molecule has 1 atom stereocenters. The number of anilines is 1. The third kappa shape index (κ3) is 3.25. The number of fused-ring (bicyclic) bond motifs is 2. The first-order valence-electron chi connectivity index (χ1n) is 10.3. The van der Waals surface area contributed by atoms with Gasteiger partial charge in [0.05, 0.1) is 18.2 Å². The Morgan fingerprint density at radius 2 is 1.88 bits per heavy atom. The van der Waals surface area contributed by atoms with Crippen molar-refractivity contribution >= 4 is 21.5 Å². The zero-order valence-corrected chi connectivity index (χ0v) is 18.6. The molecule has 0 unspecified atom stereocenters.